The normalized spacial score (nSPS) is 17.5. The van der Waals surface area contributed by atoms with Gasteiger partial charge in [-0.1, -0.05) is 56.3 Å². The standard InChI is InChI=1S/C29H29NO4/c1-17(2)22-16-21(14-15-24(22)34-5)27(31)25-26(20-11-7-6-8-12-20)30(29(33)28(25)32)23-13-9-10-18(3)19(23)4/h6-17,26,31H,1-5H3/b27-25+. The molecule has 3 aromatic carbocycles. The Morgan fingerprint density at radius 3 is 2.32 bits per heavy atom. The molecule has 34 heavy (non-hydrogen) atoms. The molecule has 0 bridgehead atoms. The molecule has 3 aromatic rings. The molecule has 1 aliphatic rings. The smallest absolute Gasteiger partial charge is 0.300 e. The number of benzene rings is 3. The zero-order valence-electron chi connectivity index (χ0n) is 20.1. The molecule has 0 radical (unpaired) electrons. The Balaban J connectivity index is 1.97. The lowest BCUT2D eigenvalue weighted by atomic mass is 9.93. The highest BCUT2D eigenvalue weighted by Gasteiger charge is 2.47. The second-order valence-corrected chi connectivity index (χ2v) is 8.91. The highest BCUT2D eigenvalue weighted by molar-refractivity contribution is 6.51. The van der Waals surface area contributed by atoms with Crippen molar-refractivity contribution in [2.75, 3.05) is 12.0 Å². The van der Waals surface area contributed by atoms with Crippen molar-refractivity contribution >= 4 is 23.1 Å². The van der Waals surface area contributed by atoms with Gasteiger partial charge in [0.1, 0.15) is 11.5 Å². The summed E-state index contributed by atoms with van der Waals surface area (Å²) in [5.74, 6) is -0.688. The molecule has 0 spiro atoms. The molecule has 1 unspecified atom stereocenters. The minimum atomic E-state index is -0.744. The van der Waals surface area contributed by atoms with Crippen LogP contribution in [-0.4, -0.2) is 23.9 Å². The van der Waals surface area contributed by atoms with Gasteiger partial charge < -0.3 is 9.84 Å². The highest BCUT2D eigenvalue weighted by atomic mass is 16.5. The fourth-order valence-corrected chi connectivity index (χ4v) is 4.52. The molecule has 174 valence electrons. The molecule has 1 saturated heterocycles. The second kappa shape index (κ2) is 9.18. The van der Waals surface area contributed by atoms with Crippen LogP contribution in [0.15, 0.2) is 72.3 Å². The van der Waals surface area contributed by atoms with E-state index in [0.717, 1.165) is 22.3 Å². The number of carbonyl (C=O) groups is 2. The first-order chi connectivity index (χ1) is 16.3. The average molecular weight is 456 g/mol. The SMILES string of the molecule is COc1ccc(/C(O)=C2\C(=O)C(=O)N(c3cccc(C)c3C)C2c2ccccc2)cc1C(C)C. The van der Waals surface area contributed by atoms with Crippen LogP contribution in [0.2, 0.25) is 0 Å². The van der Waals surface area contributed by atoms with Crippen molar-refractivity contribution < 1.29 is 19.4 Å². The van der Waals surface area contributed by atoms with Crippen molar-refractivity contribution in [1.82, 2.24) is 0 Å². The molecule has 1 amide bonds. The van der Waals surface area contributed by atoms with E-state index in [1.54, 1.807) is 19.2 Å². The summed E-state index contributed by atoms with van der Waals surface area (Å²) in [6, 6.07) is 19.6. The molecule has 1 fully saturated rings. The maximum Gasteiger partial charge on any atom is 0.300 e. The van der Waals surface area contributed by atoms with Crippen LogP contribution in [0.5, 0.6) is 5.75 Å². The van der Waals surface area contributed by atoms with Crippen molar-refractivity contribution in [2.45, 2.75) is 39.7 Å². The predicted octanol–water partition coefficient (Wildman–Crippen LogP) is 6.06. The van der Waals surface area contributed by atoms with Crippen molar-refractivity contribution in [3.05, 3.63) is 100 Å². The zero-order chi connectivity index (χ0) is 24.6. The maximum atomic E-state index is 13.4. The van der Waals surface area contributed by atoms with Gasteiger partial charge in [0.25, 0.3) is 11.7 Å². The summed E-state index contributed by atoms with van der Waals surface area (Å²) in [6.07, 6.45) is 0. The van der Waals surface area contributed by atoms with Crippen molar-refractivity contribution in [1.29, 1.82) is 0 Å². The summed E-state index contributed by atoms with van der Waals surface area (Å²) in [5, 5.41) is 11.4. The average Bonchev–Trinajstić information content (AvgIpc) is 3.10. The number of ketones is 1. The molecule has 1 N–H and O–H groups in total. The summed E-state index contributed by atoms with van der Waals surface area (Å²) >= 11 is 0. The van der Waals surface area contributed by atoms with Gasteiger partial charge in [0, 0.05) is 11.3 Å². The number of nitrogens with zero attached hydrogens (tertiary/aromatic N) is 1. The topological polar surface area (TPSA) is 66.8 Å². The molecular weight excluding hydrogens is 426 g/mol. The first-order valence-corrected chi connectivity index (χ1v) is 11.4. The number of carbonyl (C=O) groups excluding carboxylic acids is 2. The highest BCUT2D eigenvalue weighted by Crippen LogP contribution is 2.43. The van der Waals surface area contributed by atoms with Crippen LogP contribution in [0.4, 0.5) is 5.69 Å². The Morgan fingerprint density at radius 1 is 0.971 bits per heavy atom. The lowest BCUT2D eigenvalue weighted by Gasteiger charge is -2.27. The van der Waals surface area contributed by atoms with Crippen LogP contribution in [0, 0.1) is 13.8 Å². The Kier molecular flexibility index (Phi) is 6.29. The number of hydrogen-bond donors (Lipinski definition) is 1. The van der Waals surface area contributed by atoms with E-state index >= 15 is 0 Å². The van der Waals surface area contributed by atoms with Gasteiger partial charge in [-0.3, -0.25) is 14.5 Å². The lowest BCUT2D eigenvalue weighted by molar-refractivity contribution is -0.132. The van der Waals surface area contributed by atoms with Gasteiger partial charge in [0.05, 0.1) is 18.7 Å². The van der Waals surface area contributed by atoms with Crippen molar-refractivity contribution in [3.8, 4) is 5.75 Å². The first-order valence-electron chi connectivity index (χ1n) is 11.4. The van der Waals surface area contributed by atoms with Gasteiger partial charge in [0.2, 0.25) is 0 Å². The van der Waals surface area contributed by atoms with Gasteiger partial charge in [-0.15, -0.1) is 0 Å². The number of rotatable bonds is 5. The number of hydrogen-bond acceptors (Lipinski definition) is 4. The van der Waals surface area contributed by atoms with Crippen LogP contribution in [0.25, 0.3) is 5.76 Å². The molecule has 0 aromatic heterocycles. The van der Waals surface area contributed by atoms with Crippen LogP contribution < -0.4 is 9.64 Å². The summed E-state index contributed by atoms with van der Waals surface area (Å²) in [5.41, 5.74) is 4.81. The summed E-state index contributed by atoms with van der Waals surface area (Å²) < 4.78 is 5.47. The minimum Gasteiger partial charge on any atom is -0.507 e. The minimum absolute atomic E-state index is 0.0805. The van der Waals surface area contributed by atoms with Gasteiger partial charge >= 0.3 is 0 Å². The van der Waals surface area contributed by atoms with Gasteiger partial charge in [-0.2, -0.15) is 0 Å². The molecule has 1 heterocycles. The first kappa shape index (κ1) is 23.3. The van der Waals surface area contributed by atoms with Gasteiger partial charge in [-0.25, -0.2) is 0 Å². The summed E-state index contributed by atoms with van der Waals surface area (Å²) in [6.45, 7) is 7.97. The monoisotopic (exact) mass is 455 g/mol. The number of aliphatic hydroxyl groups excluding tert-OH is 1. The predicted molar refractivity (Wildman–Crippen MR) is 134 cm³/mol. The number of aryl methyl sites for hydroxylation is 1. The zero-order valence-corrected chi connectivity index (χ0v) is 20.1. The van der Waals surface area contributed by atoms with E-state index in [0.29, 0.717) is 17.0 Å². The largest absolute Gasteiger partial charge is 0.507 e. The Hall–Kier alpha value is -3.86. The molecule has 5 nitrogen and oxygen atoms in total. The Bertz CT molecular complexity index is 1290. The molecule has 4 rings (SSSR count). The van der Waals surface area contributed by atoms with E-state index in [2.05, 4.69) is 0 Å². The number of ether oxygens (including phenoxy) is 1. The van der Waals surface area contributed by atoms with Crippen LogP contribution >= 0.6 is 0 Å². The molecule has 1 aliphatic heterocycles. The number of anilines is 1. The third kappa shape index (κ3) is 3.87. The third-order valence-electron chi connectivity index (χ3n) is 6.52. The second-order valence-electron chi connectivity index (χ2n) is 8.91. The van der Waals surface area contributed by atoms with E-state index in [1.807, 2.05) is 82.3 Å². The molecular formula is C29H29NO4. The molecule has 5 heteroatoms. The quantitative estimate of drug-likeness (QED) is 0.288. The van der Waals surface area contributed by atoms with Crippen molar-refractivity contribution in [3.63, 3.8) is 0 Å². The van der Waals surface area contributed by atoms with Gasteiger partial charge in [0.15, 0.2) is 0 Å². The molecule has 0 saturated carbocycles. The van der Waals surface area contributed by atoms with Gasteiger partial charge in [-0.05, 0) is 66.3 Å². The van der Waals surface area contributed by atoms with E-state index in [1.165, 1.54) is 4.90 Å². The molecule has 1 atom stereocenters. The van der Waals surface area contributed by atoms with Crippen LogP contribution in [0.1, 0.15) is 53.6 Å². The lowest BCUT2D eigenvalue weighted by Crippen LogP contribution is -2.30. The summed E-state index contributed by atoms with van der Waals surface area (Å²) in [4.78, 5) is 28.3. The molecule has 0 aliphatic carbocycles. The van der Waals surface area contributed by atoms with E-state index in [9.17, 15) is 14.7 Å². The Labute approximate surface area is 200 Å². The van der Waals surface area contributed by atoms with E-state index in [-0.39, 0.29) is 17.3 Å². The Morgan fingerprint density at radius 2 is 1.68 bits per heavy atom. The fraction of sp³-hybridized carbons (Fsp3) is 0.241. The van der Waals surface area contributed by atoms with Crippen LogP contribution in [-0.2, 0) is 9.59 Å². The number of methoxy groups -OCH3 is 1. The number of Topliss-reactive ketones (excluding diaryl/α,β-unsaturated/α-hetero) is 1. The van der Waals surface area contributed by atoms with E-state index in [4.69, 9.17) is 4.74 Å². The number of amides is 1. The maximum absolute atomic E-state index is 13.4. The fourth-order valence-electron chi connectivity index (χ4n) is 4.52. The van der Waals surface area contributed by atoms with Crippen molar-refractivity contribution in [2.24, 2.45) is 0 Å². The van der Waals surface area contributed by atoms with E-state index < -0.39 is 17.7 Å². The number of aliphatic hydroxyl groups is 1. The third-order valence-corrected chi connectivity index (χ3v) is 6.52. The van der Waals surface area contributed by atoms with Crippen LogP contribution in [0.3, 0.4) is 0 Å². The summed E-state index contributed by atoms with van der Waals surface area (Å²) in [7, 11) is 1.60.